The van der Waals surface area contributed by atoms with Gasteiger partial charge in [0.25, 0.3) is 10.0 Å². The number of carbonyl (C=O) groups is 2. The van der Waals surface area contributed by atoms with Crippen molar-refractivity contribution in [2.75, 3.05) is 16.3 Å². The summed E-state index contributed by atoms with van der Waals surface area (Å²) in [5, 5.41) is 2.83. The van der Waals surface area contributed by atoms with Gasteiger partial charge in [0.05, 0.1) is 11.9 Å². The summed E-state index contributed by atoms with van der Waals surface area (Å²) in [7, 11) is -8.09. The molecule has 2 aromatic carbocycles. The first-order valence-corrected chi connectivity index (χ1v) is 16.2. The standard InChI is InChI=1S/C26H26F2N4O6S2/c1-39(35,36)30-16-7-9-19-20(11-16)40(37,38)31-25(29-19)22-24(33)21-14-3-5-15(6-4-14)23(21)32(26(22)34)12-13-2-8-17(27)18(28)10-13/h2,7-11,14-15,21-23,30H,3-6,12H2,1H3,(H,29,31). The van der Waals surface area contributed by atoms with Gasteiger partial charge in [-0.1, -0.05) is 6.07 Å². The van der Waals surface area contributed by atoms with Gasteiger partial charge in [-0.25, -0.2) is 17.2 Å². The van der Waals surface area contributed by atoms with Crippen molar-refractivity contribution >= 4 is 48.9 Å². The summed E-state index contributed by atoms with van der Waals surface area (Å²) in [5.74, 6) is -5.42. The third-order valence-electron chi connectivity index (χ3n) is 8.33. The fraction of sp³-hybridized carbons (Fsp3) is 0.423. The molecule has 3 saturated carbocycles. The van der Waals surface area contributed by atoms with E-state index in [0.717, 1.165) is 50.1 Å². The summed E-state index contributed by atoms with van der Waals surface area (Å²) in [6, 6.07) is 6.74. The number of halogens is 2. The molecule has 1 saturated heterocycles. The van der Waals surface area contributed by atoms with Gasteiger partial charge in [-0.05, 0) is 73.4 Å². The van der Waals surface area contributed by atoms with Crippen LogP contribution in [0.2, 0.25) is 0 Å². The zero-order valence-corrected chi connectivity index (χ0v) is 22.9. The largest absolute Gasteiger partial charge is 0.341 e. The highest BCUT2D eigenvalue weighted by Crippen LogP contribution is 2.51. The van der Waals surface area contributed by atoms with E-state index < -0.39 is 61.2 Å². The molecule has 1 amide bonds. The van der Waals surface area contributed by atoms with Crippen LogP contribution in [0.25, 0.3) is 0 Å². The smallest absolute Gasteiger partial charge is 0.286 e. The van der Waals surface area contributed by atoms with Gasteiger partial charge < -0.3 is 10.2 Å². The van der Waals surface area contributed by atoms with Crippen LogP contribution in [0.4, 0.5) is 20.2 Å². The number of anilines is 2. The second kappa shape index (κ2) is 9.33. The number of ketones is 1. The molecule has 0 aromatic heterocycles. The van der Waals surface area contributed by atoms with E-state index >= 15 is 0 Å². The summed E-state index contributed by atoms with van der Waals surface area (Å²) in [4.78, 5) is 29.1. The lowest BCUT2D eigenvalue weighted by atomic mass is 9.57. The van der Waals surface area contributed by atoms with Crippen LogP contribution >= 0.6 is 0 Å². The highest BCUT2D eigenvalue weighted by Gasteiger charge is 2.58. The van der Waals surface area contributed by atoms with Crippen molar-refractivity contribution in [1.29, 1.82) is 0 Å². The SMILES string of the molecule is CS(=O)(=O)Nc1ccc2c(c1)S(=O)(=O)N=C(C1C(=O)C3C4CCC(CC4)C3N(Cc3ccc(F)c(F)c3)C1=O)N2. The second-order valence-corrected chi connectivity index (χ2v) is 14.2. The number of Topliss-reactive ketones (excluding diaryl/α,β-unsaturated/α-hetero) is 1. The van der Waals surface area contributed by atoms with Crippen molar-refractivity contribution in [3.8, 4) is 0 Å². The Morgan fingerprint density at radius 3 is 2.40 bits per heavy atom. The lowest BCUT2D eigenvalue weighted by Crippen LogP contribution is -2.66. The van der Waals surface area contributed by atoms with Crippen LogP contribution in [0.3, 0.4) is 0 Å². The number of sulfonamides is 2. The van der Waals surface area contributed by atoms with Crippen LogP contribution in [0, 0.1) is 35.3 Å². The second-order valence-electron chi connectivity index (χ2n) is 10.9. The Balaban J connectivity index is 1.39. The summed E-state index contributed by atoms with van der Waals surface area (Å²) < 4.78 is 83.2. The molecule has 5 aliphatic rings. The Morgan fingerprint density at radius 2 is 1.73 bits per heavy atom. The van der Waals surface area contributed by atoms with Crippen molar-refractivity contribution in [2.24, 2.45) is 28.1 Å². The molecule has 10 nitrogen and oxygen atoms in total. The van der Waals surface area contributed by atoms with E-state index in [4.69, 9.17) is 0 Å². The van der Waals surface area contributed by atoms with Crippen molar-refractivity contribution in [3.63, 3.8) is 0 Å². The van der Waals surface area contributed by atoms with Crippen molar-refractivity contribution in [2.45, 2.75) is 43.2 Å². The van der Waals surface area contributed by atoms with E-state index in [1.807, 2.05) is 0 Å². The fourth-order valence-corrected chi connectivity index (χ4v) is 8.48. The average molecular weight is 593 g/mol. The van der Waals surface area contributed by atoms with Gasteiger partial charge >= 0.3 is 0 Å². The van der Waals surface area contributed by atoms with Gasteiger partial charge in [-0.3, -0.25) is 14.3 Å². The molecule has 0 radical (unpaired) electrons. The Labute approximate surface area is 230 Å². The third-order valence-corrected chi connectivity index (χ3v) is 10.3. The Kier molecular flexibility index (Phi) is 6.26. The first-order chi connectivity index (χ1) is 18.8. The Hall–Kier alpha value is -3.39. The maximum atomic E-state index is 14.0. The molecule has 40 heavy (non-hydrogen) atoms. The fourth-order valence-electron chi connectivity index (χ4n) is 6.74. The molecular formula is C26H26F2N4O6S2. The molecule has 212 valence electrons. The highest BCUT2D eigenvalue weighted by molar-refractivity contribution is 7.92. The van der Waals surface area contributed by atoms with E-state index in [1.165, 1.54) is 23.1 Å². The molecule has 0 spiro atoms. The number of likely N-dealkylation sites (tertiary alicyclic amines) is 1. The molecule has 2 heterocycles. The molecule has 3 atom stereocenters. The number of nitrogens with one attached hydrogen (secondary N) is 2. The number of fused-ring (bicyclic) bond motifs is 3. The summed E-state index contributed by atoms with van der Waals surface area (Å²) in [6.45, 7) is -0.0681. The van der Waals surface area contributed by atoms with Crippen molar-refractivity contribution in [1.82, 2.24) is 4.90 Å². The van der Waals surface area contributed by atoms with E-state index in [2.05, 4.69) is 14.4 Å². The third kappa shape index (κ3) is 4.56. The zero-order valence-electron chi connectivity index (χ0n) is 21.3. The Bertz CT molecular complexity index is 1690. The monoisotopic (exact) mass is 592 g/mol. The van der Waals surface area contributed by atoms with E-state index in [1.54, 1.807) is 0 Å². The minimum Gasteiger partial charge on any atom is -0.341 e. The van der Waals surface area contributed by atoms with Crippen LogP contribution in [0.1, 0.15) is 31.2 Å². The summed E-state index contributed by atoms with van der Waals surface area (Å²) in [6.07, 6.45) is 4.24. The first-order valence-electron chi connectivity index (χ1n) is 12.8. The minimum atomic E-state index is -4.42. The zero-order chi connectivity index (χ0) is 28.6. The average Bonchev–Trinajstić information content (AvgIpc) is 2.88. The van der Waals surface area contributed by atoms with Gasteiger partial charge in [-0.15, -0.1) is 4.40 Å². The molecule has 2 aliphatic heterocycles. The van der Waals surface area contributed by atoms with Gasteiger partial charge in [0.1, 0.15) is 10.7 Å². The van der Waals surface area contributed by atoms with E-state index in [-0.39, 0.29) is 40.5 Å². The van der Waals surface area contributed by atoms with Crippen LogP contribution < -0.4 is 10.0 Å². The van der Waals surface area contributed by atoms with E-state index in [0.29, 0.717) is 5.56 Å². The normalized spacial score (nSPS) is 28.8. The predicted octanol–water partition coefficient (Wildman–Crippen LogP) is 2.88. The summed E-state index contributed by atoms with van der Waals surface area (Å²) >= 11 is 0. The number of hydrogen-bond acceptors (Lipinski definition) is 7. The number of rotatable bonds is 5. The molecular weight excluding hydrogens is 566 g/mol. The van der Waals surface area contributed by atoms with Gasteiger partial charge in [0, 0.05) is 24.2 Å². The van der Waals surface area contributed by atoms with E-state index in [9.17, 15) is 35.2 Å². The molecule has 2 bridgehead atoms. The number of piperidine rings is 1. The number of carbonyl (C=O) groups excluding carboxylic acids is 2. The van der Waals surface area contributed by atoms with Crippen LogP contribution in [-0.4, -0.2) is 51.6 Å². The predicted molar refractivity (Wildman–Crippen MR) is 141 cm³/mol. The quantitative estimate of drug-likeness (QED) is 0.509. The molecule has 3 unspecified atom stereocenters. The molecule has 2 aromatic rings. The number of benzene rings is 2. The number of amidine groups is 1. The number of nitrogens with zero attached hydrogens (tertiary/aromatic N) is 2. The highest BCUT2D eigenvalue weighted by atomic mass is 32.2. The van der Waals surface area contributed by atoms with Gasteiger partial charge in [0.15, 0.2) is 23.3 Å². The minimum absolute atomic E-state index is 0.00821. The van der Waals surface area contributed by atoms with Crippen molar-refractivity contribution in [3.05, 3.63) is 53.6 Å². The molecule has 2 N–H and O–H groups in total. The molecule has 3 aliphatic carbocycles. The van der Waals surface area contributed by atoms with Crippen LogP contribution in [0.5, 0.6) is 0 Å². The maximum absolute atomic E-state index is 14.0. The topological polar surface area (TPSA) is 142 Å². The lowest BCUT2D eigenvalue weighted by molar-refractivity contribution is -0.162. The van der Waals surface area contributed by atoms with Crippen LogP contribution in [0.15, 0.2) is 45.7 Å². The number of hydrogen-bond donors (Lipinski definition) is 2. The van der Waals surface area contributed by atoms with Gasteiger partial charge in [0.2, 0.25) is 15.9 Å². The first kappa shape index (κ1) is 26.8. The number of amides is 1. The maximum Gasteiger partial charge on any atom is 0.286 e. The molecule has 4 fully saturated rings. The molecule has 7 rings (SSSR count). The lowest BCUT2D eigenvalue weighted by Gasteiger charge is -2.55. The Morgan fingerprint density at radius 1 is 1.02 bits per heavy atom. The van der Waals surface area contributed by atoms with Crippen LogP contribution in [-0.2, 0) is 36.2 Å². The molecule has 14 heteroatoms. The van der Waals surface area contributed by atoms with Crippen molar-refractivity contribution < 1.29 is 35.2 Å². The summed E-state index contributed by atoms with van der Waals surface area (Å²) in [5.41, 5.74) is 0.404. The van der Waals surface area contributed by atoms with Gasteiger partial charge in [-0.2, -0.15) is 8.42 Å².